The molecular weight excluding hydrogens is 505 g/mol. The number of anilines is 2. The minimum absolute atomic E-state index is 0.0490. The van der Waals surface area contributed by atoms with Gasteiger partial charge in [0.05, 0.1) is 28.4 Å². The zero-order valence-electron chi connectivity index (χ0n) is 20.7. The molecule has 2 aliphatic heterocycles. The van der Waals surface area contributed by atoms with Gasteiger partial charge in [-0.05, 0) is 29.3 Å². The van der Waals surface area contributed by atoms with E-state index >= 15 is 0 Å². The summed E-state index contributed by atoms with van der Waals surface area (Å²) >= 11 is 0. The number of ketones is 1. The number of hydrogen-bond donors (Lipinski definition) is 2. The SMILES string of the molecule is C=N/C=C\N(N)c1ncc(F)c2c(C(=O)C(=O)N3CC4CN(c5nnnn5-c5ccccc5)CC4C3)c[nH]c12. The normalized spacial score (nSPS) is 18.7. The molecule has 0 saturated carbocycles. The fourth-order valence-electron chi connectivity index (χ4n) is 5.36. The van der Waals surface area contributed by atoms with Gasteiger partial charge in [-0.1, -0.05) is 23.3 Å². The molecule has 3 aromatic heterocycles. The monoisotopic (exact) mass is 529 g/mol. The van der Waals surface area contributed by atoms with Crippen molar-refractivity contribution in [2.75, 3.05) is 36.1 Å². The number of nitrogens with two attached hydrogens (primary N) is 1. The van der Waals surface area contributed by atoms with Crippen LogP contribution in [0.4, 0.5) is 16.2 Å². The molecule has 0 radical (unpaired) electrons. The third-order valence-corrected chi connectivity index (χ3v) is 7.17. The molecule has 2 fully saturated rings. The maximum atomic E-state index is 14.8. The van der Waals surface area contributed by atoms with Crippen molar-refractivity contribution < 1.29 is 14.0 Å². The highest BCUT2D eigenvalue weighted by molar-refractivity contribution is 6.45. The zero-order valence-corrected chi connectivity index (χ0v) is 20.7. The summed E-state index contributed by atoms with van der Waals surface area (Å²) in [5, 5.41) is 13.3. The van der Waals surface area contributed by atoms with E-state index in [0.717, 1.165) is 16.9 Å². The largest absolute Gasteiger partial charge is 0.357 e. The highest BCUT2D eigenvalue weighted by atomic mass is 19.1. The highest BCUT2D eigenvalue weighted by Gasteiger charge is 2.44. The quantitative estimate of drug-likeness (QED) is 0.119. The van der Waals surface area contributed by atoms with Crippen LogP contribution in [0.5, 0.6) is 0 Å². The molecule has 0 spiro atoms. The Morgan fingerprint density at radius 1 is 1.18 bits per heavy atom. The van der Waals surface area contributed by atoms with E-state index in [-0.39, 0.29) is 34.1 Å². The number of Topliss-reactive ketones (excluding diaryl/α,β-unsaturated/α-hetero) is 1. The van der Waals surface area contributed by atoms with Gasteiger partial charge in [0.2, 0.25) is 5.95 Å². The average molecular weight is 530 g/mol. The summed E-state index contributed by atoms with van der Waals surface area (Å²) in [6.07, 6.45) is 4.98. The van der Waals surface area contributed by atoms with Gasteiger partial charge in [-0.3, -0.25) is 19.6 Å². The number of rotatable bonds is 7. The summed E-state index contributed by atoms with van der Waals surface area (Å²) in [7, 11) is 0. The van der Waals surface area contributed by atoms with Gasteiger partial charge in [0.25, 0.3) is 11.7 Å². The standard InChI is InChI=1S/C25H24FN11O2/c1-28-7-8-36(27)23-21-20(19(26)10-30-23)18(9-29-21)22(38)24(39)34-11-15-13-35(14-16(15)12-34)25-31-32-33-37(25)17-5-3-2-4-6-17/h2-10,15-16,29H,1,11-14,27H2/b8-7-. The van der Waals surface area contributed by atoms with Crippen LogP contribution < -0.4 is 15.8 Å². The highest BCUT2D eigenvalue weighted by Crippen LogP contribution is 2.35. The van der Waals surface area contributed by atoms with Crippen LogP contribution in [0.3, 0.4) is 0 Å². The fourth-order valence-corrected chi connectivity index (χ4v) is 5.36. The van der Waals surface area contributed by atoms with Crippen molar-refractivity contribution in [3.05, 3.63) is 66.5 Å². The predicted molar refractivity (Wildman–Crippen MR) is 141 cm³/mol. The van der Waals surface area contributed by atoms with Crippen molar-refractivity contribution >= 4 is 41.1 Å². The first kappa shape index (κ1) is 24.4. The number of tetrazole rings is 1. The number of hydrogen-bond acceptors (Lipinski definition) is 10. The van der Waals surface area contributed by atoms with Crippen molar-refractivity contribution in [3.8, 4) is 5.69 Å². The Kier molecular flexibility index (Phi) is 6.07. The molecule has 4 aromatic rings. The van der Waals surface area contributed by atoms with Crippen molar-refractivity contribution in [3.63, 3.8) is 0 Å². The number of likely N-dealkylation sites (tertiary alicyclic amines) is 1. The second-order valence-electron chi connectivity index (χ2n) is 9.46. The second-order valence-corrected chi connectivity index (χ2v) is 9.46. The first-order chi connectivity index (χ1) is 19.0. The van der Waals surface area contributed by atoms with Crippen molar-refractivity contribution in [2.45, 2.75) is 0 Å². The first-order valence-corrected chi connectivity index (χ1v) is 12.2. The van der Waals surface area contributed by atoms with Crippen molar-refractivity contribution in [1.29, 1.82) is 0 Å². The number of H-pyrrole nitrogens is 1. The molecule has 14 heteroatoms. The number of aliphatic imine (C=N–C) groups is 1. The van der Waals surface area contributed by atoms with Gasteiger partial charge in [-0.15, -0.1) is 0 Å². The summed E-state index contributed by atoms with van der Waals surface area (Å²) in [5.41, 5.74) is 0.968. The summed E-state index contributed by atoms with van der Waals surface area (Å²) < 4.78 is 16.5. The van der Waals surface area contributed by atoms with Gasteiger partial charge in [-0.2, -0.15) is 4.68 Å². The molecule has 6 rings (SSSR count). The Bertz CT molecular complexity index is 1580. The van der Waals surface area contributed by atoms with E-state index in [0.29, 0.717) is 32.1 Å². The smallest absolute Gasteiger partial charge is 0.295 e. The fraction of sp³-hybridized carbons (Fsp3) is 0.240. The number of nitrogens with one attached hydrogen (secondary N) is 1. The summed E-state index contributed by atoms with van der Waals surface area (Å²) in [6, 6.07) is 9.61. The first-order valence-electron chi connectivity index (χ1n) is 12.2. The number of para-hydroxylation sites is 1. The van der Waals surface area contributed by atoms with E-state index in [4.69, 9.17) is 5.84 Å². The van der Waals surface area contributed by atoms with Crippen LogP contribution in [0.25, 0.3) is 16.6 Å². The third-order valence-electron chi connectivity index (χ3n) is 7.17. The second kappa shape index (κ2) is 9.72. The van der Waals surface area contributed by atoms with E-state index in [1.165, 1.54) is 18.6 Å². The predicted octanol–water partition coefficient (Wildman–Crippen LogP) is 1.31. The number of pyridine rings is 1. The Morgan fingerprint density at radius 2 is 1.92 bits per heavy atom. The molecule has 2 unspecified atom stereocenters. The third kappa shape index (κ3) is 4.20. The number of amides is 1. The Balaban J connectivity index is 1.18. The number of nitrogens with zero attached hydrogens (tertiary/aromatic N) is 9. The molecule has 0 bridgehead atoms. The van der Waals surface area contributed by atoms with Crippen molar-refractivity contribution in [1.82, 2.24) is 35.1 Å². The van der Waals surface area contributed by atoms with Gasteiger partial charge >= 0.3 is 0 Å². The molecule has 39 heavy (non-hydrogen) atoms. The lowest BCUT2D eigenvalue weighted by atomic mass is 10.0. The number of benzene rings is 1. The van der Waals surface area contributed by atoms with Gasteiger partial charge in [0.15, 0.2) is 11.6 Å². The topological polar surface area (TPSA) is 155 Å². The molecular formula is C25H24FN11O2. The number of aromatic nitrogens is 6. The Hall–Kier alpha value is -4.98. The van der Waals surface area contributed by atoms with Crippen LogP contribution in [0.2, 0.25) is 0 Å². The number of carbonyl (C=O) groups excluding carboxylic acids is 2. The average Bonchev–Trinajstić information content (AvgIpc) is 3.74. The molecule has 1 aromatic carbocycles. The molecule has 5 heterocycles. The molecule has 1 amide bonds. The van der Waals surface area contributed by atoms with Gasteiger partial charge in [0.1, 0.15) is 0 Å². The Morgan fingerprint density at radius 3 is 2.64 bits per heavy atom. The van der Waals surface area contributed by atoms with Crippen LogP contribution in [0.1, 0.15) is 10.4 Å². The molecule has 3 N–H and O–H groups in total. The van der Waals surface area contributed by atoms with Crippen LogP contribution >= 0.6 is 0 Å². The summed E-state index contributed by atoms with van der Waals surface area (Å²) in [5.74, 6) is 4.83. The van der Waals surface area contributed by atoms with Crippen LogP contribution in [-0.2, 0) is 4.79 Å². The van der Waals surface area contributed by atoms with E-state index in [2.05, 4.69) is 42.1 Å². The molecule has 13 nitrogen and oxygen atoms in total. The molecule has 0 aliphatic carbocycles. The van der Waals surface area contributed by atoms with E-state index in [1.54, 1.807) is 9.58 Å². The van der Waals surface area contributed by atoms with E-state index in [1.807, 2.05) is 30.3 Å². The van der Waals surface area contributed by atoms with E-state index in [9.17, 15) is 14.0 Å². The number of hydrazine groups is 1. The molecule has 2 atom stereocenters. The van der Waals surface area contributed by atoms with Gasteiger partial charge in [-0.25, -0.2) is 15.2 Å². The van der Waals surface area contributed by atoms with Crippen LogP contribution in [0, 0.1) is 17.7 Å². The summed E-state index contributed by atoms with van der Waals surface area (Å²) in [4.78, 5) is 40.6. The van der Waals surface area contributed by atoms with Crippen LogP contribution in [-0.4, -0.2) is 79.7 Å². The number of carbonyl (C=O) groups is 2. The maximum Gasteiger partial charge on any atom is 0.295 e. The molecule has 198 valence electrons. The minimum Gasteiger partial charge on any atom is -0.357 e. The summed E-state index contributed by atoms with van der Waals surface area (Å²) in [6.45, 7) is 5.44. The number of aromatic amines is 1. The van der Waals surface area contributed by atoms with Crippen molar-refractivity contribution in [2.24, 2.45) is 22.7 Å². The van der Waals surface area contributed by atoms with Gasteiger partial charge in [0, 0.05) is 56.6 Å². The lowest BCUT2D eigenvalue weighted by molar-refractivity contribution is -0.125. The Labute approximate surface area is 221 Å². The zero-order chi connectivity index (χ0) is 27.1. The number of fused-ring (bicyclic) bond motifs is 2. The molecule has 2 aliphatic rings. The van der Waals surface area contributed by atoms with E-state index < -0.39 is 17.5 Å². The maximum absolute atomic E-state index is 14.8. The molecule has 2 saturated heterocycles. The minimum atomic E-state index is -0.797. The van der Waals surface area contributed by atoms with Gasteiger partial charge < -0.3 is 14.8 Å². The van der Waals surface area contributed by atoms with Crippen LogP contribution in [0.15, 0.2) is 60.1 Å². The number of halogens is 1. The lowest BCUT2D eigenvalue weighted by Gasteiger charge is -2.21. The lowest BCUT2D eigenvalue weighted by Crippen LogP contribution is -2.38.